The van der Waals surface area contributed by atoms with Crippen molar-refractivity contribution in [1.82, 2.24) is 10.2 Å². The summed E-state index contributed by atoms with van der Waals surface area (Å²) in [5.74, 6) is -3.29. The van der Waals surface area contributed by atoms with Gasteiger partial charge in [0.05, 0.1) is 24.4 Å². The van der Waals surface area contributed by atoms with Crippen molar-refractivity contribution in [3.8, 4) is 11.1 Å². The lowest BCUT2D eigenvalue weighted by molar-refractivity contribution is -0.268. The molecule has 5 atom stereocenters. The van der Waals surface area contributed by atoms with Crippen molar-refractivity contribution in [1.29, 1.82) is 0 Å². The summed E-state index contributed by atoms with van der Waals surface area (Å²) in [6.07, 6.45) is -6.05. The summed E-state index contributed by atoms with van der Waals surface area (Å²) in [7, 11) is 0. The number of aliphatic hydroxyl groups excluding tert-OH is 1. The normalized spacial score (nSPS) is 21.7. The Labute approximate surface area is 309 Å². The number of carboxylic acids is 1. The van der Waals surface area contributed by atoms with Crippen molar-refractivity contribution in [2.24, 2.45) is 5.92 Å². The number of carboxylic acid groups (broad SMARTS) is 1. The molecular weight excluding hydrogens is 710 g/mol. The highest BCUT2D eigenvalue weighted by atomic mass is 32.2. The van der Waals surface area contributed by atoms with Crippen LogP contribution >= 0.6 is 11.8 Å². The average molecular weight is 749 g/mol. The highest BCUT2D eigenvalue weighted by Gasteiger charge is 2.47. The van der Waals surface area contributed by atoms with Crippen molar-refractivity contribution >= 4 is 29.5 Å². The molecule has 4 aromatic carbocycles. The molecule has 2 saturated heterocycles. The van der Waals surface area contributed by atoms with Gasteiger partial charge in [-0.15, -0.1) is 11.8 Å². The number of likely N-dealkylation sites (tertiary alicyclic amines) is 1. The first-order chi connectivity index (χ1) is 25.4. The summed E-state index contributed by atoms with van der Waals surface area (Å²) < 4.78 is 52.4. The molecule has 0 unspecified atom stereocenters. The molecule has 9 nitrogen and oxygen atoms in total. The van der Waals surface area contributed by atoms with E-state index in [1.807, 2.05) is 73.7 Å². The van der Waals surface area contributed by atoms with Gasteiger partial charge in [-0.05, 0) is 64.9 Å². The Kier molecular flexibility index (Phi) is 11.9. The van der Waals surface area contributed by atoms with Gasteiger partial charge in [-0.2, -0.15) is 13.2 Å². The fourth-order valence-electron chi connectivity index (χ4n) is 6.73. The minimum absolute atomic E-state index is 0.0603. The van der Waals surface area contributed by atoms with E-state index < -0.39 is 36.3 Å². The van der Waals surface area contributed by atoms with Gasteiger partial charge < -0.3 is 29.9 Å². The zero-order valence-electron chi connectivity index (χ0n) is 28.8. The molecular formula is C40H39F3N2O7S. The molecule has 6 rings (SSSR count). The monoisotopic (exact) mass is 748 g/mol. The average Bonchev–Trinajstić information content (AvgIpc) is 3.66. The number of halogens is 3. The summed E-state index contributed by atoms with van der Waals surface area (Å²) in [6, 6.07) is 28.3. The maximum Gasteiger partial charge on any atom is 0.471 e. The lowest BCUT2D eigenvalue weighted by atomic mass is 9.91. The molecule has 2 heterocycles. The number of benzene rings is 4. The van der Waals surface area contributed by atoms with Crippen LogP contribution in [0.5, 0.6) is 0 Å². The van der Waals surface area contributed by atoms with Gasteiger partial charge in [-0.3, -0.25) is 9.59 Å². The Balaban J connectivity index is 1.20. The minimum Gasteiger partial charge on any atom is -0.478 e. The first-order valence-corrected chi connectivity index (χ1v) is 18.2. The van der Waals surface area contributed by atoms with Crippen LogP contribution < -0.4 is 5.32 Å². The molecule has 2 fully saturated rings. The Morgan fingerprint density at radius 1 is 0.887 bits per heavy atom. The van der Waals surface area contributed by atoms with Crippen LogP contribution in [0.2, 0.25) is 0 Å². The van der Waals surface area contributed by atoms with E-state index in [1.54, 1.807) is 30.3 Å². The second-order valence-corrected chi connectivity index (χ2v) is 14.2. The van der Waals surface area contributed by atoms with E-state index in [0.29, 0.717) is 22.0 Å². The molecule has 4 aromatic rings. The maximum absolute atomic E-state index is 13.1. The third-order valence-corrected chi connectivity index (χ3v) is 10.8. The van der Waals surface area contributed by atoms with E-state index >= 15 is 0 Å². The van der Waals surface area contributed by atoms with Crippen molar-refractivity contribution < 1.29 is 47.2 Å². The number of carbonyl (C=O) groups is 3. The van der Waals surface area contributed by atoms with Crippen LogP contribution in [0.15, 0.2) is 102 Å². The van der Waals surface area contributed by atoms with E-state index in [0.717, 1.165) is 33.4 Å². The number of ether oxygens (including phenoxy) is 2. The topological polar surface area (TPSA) is 125 Å². The summed E-state index contributed by atoms with van der Waals surface area (Å²) >= 11 is 1.41. The molecule has 0 radical (unpaired) electrons. The molecule has 0 bridgehead atoms. The van der Waals surface area contributed by atoms with Gasteiger partial charge in [0.15, 0.2) is 6.29 Å². The molecule has 53 heavy (non-hydrogen) atoms. The van der Waals surface area contributed by atoms with Crippen LogP contribution in [0.25, 0.3) is 11.1 Å². The van der Waals surface area contributed by atoms with Gasteiger partial charge in [-0.1, -0.05) is 79.7 Å². The number of nitrogens with one attached hydrogen (secondary N) is 1. The zero-order chi connectivity index (χ0) is 37.7. The Morgan fingerprint density at radius 2 is 1.60 bits per heavy atom. The fraction of sp³-hybridized carbons (Fsp3) is 0.325. The number of amides is 2. The van der Waals surface area contributed by atoms with Crippen LogP contribution in [0, 0.1) is 5.92 Å². The smallest absolute Gasteiger partial charge is 0.471 e. The zero-order valence-corrected chi connectivity index (χ0v) is 29.6. The number of rotatable bonds is 11. The van der Waals surface area contributed by atoms with E-state index in [9.17, 15) is 37.8 Å². The van der Waals surface area contributed by atoms with Gasteiger partial charge in [0, 0.05) is 35.2 Å². The van der Waals surface area contributed by atoms with Crippen molar-refractivity contribution in [2.45, 2.75) is 68.5 Å². The predicted molar refractivity (Wildman–Crippen MR) is 192 cm³/mol. The second-order valence-electron chi connectivity index (χ2n) is 13.1. The number of aromatic carboxylic acids is 1. The Bertz CT molecular complexity index is 1940. The predicted octanol–water partition coefficient (Wildman–Crippen LogP) is 7.30. The van der Waals surface area contributed by atoms with E-state index in [1.165, 1.54) is 11.8 Å². The third-order valence-electron chi connectivity index (χ3n) is 9.59. The number of nitrogens with zero attached hydrogens (tertiary/aromatic N) is 1. The molecule has 0 aliphatic carbocycles. The first kappa shape index (κ1) is 38.0. The minimum atomic E-state index is -5.04. The molecule has 278 valence electrons. The molecule has 3 N–H and O–H groups in total. The summed E-state index contributed by atoms with van der Waals surface area (Å²) in [4.78, 5) is 37.8. The van der Waals surface area contributed by atoms with Gasteiger partial charge in [-0.25, -0.2) is 4.79 Å². The van der Waals surface area contributed by atoms with E-state index in [4.69, 9.17) is 9.47 Å². The summed E-state index contributed by atoms with van der Waals surface area (Å²) in [6.45, 7) is 1.89. The van der Waals surface area contributed by atoms with Crippen molar-refractivity contribution in [3.63, 3.8) is 0 Å². The maximum atomic E-state index is 13.1. The SMILES string of the molecule is C[C@@H]1[C@H](CSc2ccccc2C(=O)O)O[C@H](c2cccc(-c3cccc(CNC(=O)[C@@H]4CCCN4C(=O)C(F)(F)F)c3)c2)O[C@@H]1c1ccc(CO)cc1. The second kappa shape index (κ2) is 16.5. The molecule has 0 saturated carbocycles. The number of carbonyl (C=O) groups excluding carboxylic acids is 2. The van der Waals surface area contributed by atoms with Gasteiger partial charge in [0.2, 0.25) is 5.91 Å². The molecule has 2 amide bonds. The quantitative estimate of drug-likeness (QED) is 0.137. The standard InChI is InChI=1S/C40H39F3N2O7S/c1-24-33(23-53-34-13-3-2-11-31(34)37(48)49)51-38(52-35(24)27-16-14-25(22-46)15-17-27)30-10-5-9-29(20-30)28-8-4-7-26(19-28)21-44-36(47)32-12-6-18-45(32)39(50)40(41,42)43/h2-5,7-11,13-17,19-20,24,32-33,35,38,46H,6,12,18,21-23H2,1H3,(H,44,47)(H,48,49)/t24-,32+,33+,35+,38+/m1/s1. The van der Waals surface area contributed by atoms with Crippen molar-refractivity contribution in [3.05, 3.63) is 125 Å². The Morgan fingerprint density at radius 3 is 2.32 bits per heavy atom. The van der Waals surface area contributed by atoms with Crippen LogP contribution in [0.1, 0.15) is 64.8 Å². The number of hydrogen-bond acceptors (Lipinski definition) is 7. The first-order valence-electron chi connectivity index (χ1n) is 17.2. The lowest BCUT2D eigenvalue weighted by Crippen LogP contribution is -2.50. The van der Waals surface area contributed by atoms with Gasteiger partial charge in [0.25, 0.3) is 0 Å². The molecule has 0 aromatic heterocycles. The number of thioether (sulfide) groups is 1. The van der Waals surface area contributed by atoms with E-state index in [2.05, 4.69) is 5.32 Å². The fourth-order valence-corrected chi connectivity index (χ4v) is 7.94. The van der Waals surface area contributed by atoms with Crippen LogP contribution in [0.4, 0.5) is 13.2 Å². The summed E-state index contributed by atoms with van der Waals surface area (Å²) in [5.41, 5.74) is 5.04. The van der Waals surface area contributed by atoms with Crippen LogP contribution in [0.3, 0.4) is 0 Å². The molecule has 2 aliphatic rings. The summed E-state index contributed by atoms with van der Waals surface area (Å²) in [5, 5.41) is 22.0. The van der Waals surface area contributed by atoms with Crippen LogP contribution in [-0.2, 0) is 32.2 Å². The number of aliphatic hydroxyl groups is 1. The highest BCUT2D eigenvalue weighted by molar-refractivity contribution is 7.99. The van der Waals surface area contributed by atoms with Crippen molar-refractivity contribution in [2.75, 3.05) is 12.3 Å². The highest BCUT2D eigenvalue weighted by Crippen LogP contribution is 2.44. The number of hydrogen-bond donors (Lipinski definition) is 3. The third kappa shape index (κ3) is 8.93. The van der Waals surface area contributed by atoms with E-state index in [-0.39, 0.29) is 49.8 Å². The van der Waals surface area contributed by atoms with Gasteiger partial charge in [0.1, 0.15) is 6.04 Å². The molecule has 0 spiro atoms. The lowest BCUT2D eigenvalue weighted by Gasteiger charge is -2.41. The molecule has 13 heteroatoms. The van der Waals surface area contributed by atoms with Crippen LogP contribution in [-0.4, -0.2) is 63.5 Å². The molecule has 2 aliphatic heterocycles. The largest absolute Gasteiger partial charge is 0.478 e. The van der Waals surface area contributed by atoms with Gasteiger partial charge >= 0.3 is 18.1 Å². The Hall–Kier alpha value is -4.69. The number of alkyl halides is 3.